The lowest BCUT2D eigenvalue weighted by atomic mass is 9.94. The lowest BCUT2D eigenvalue weighted by molar-refractivity contribution is -0.139. The predicted octanol–water partition coefficient (Wildman–Crippen LogP) is 2.23. The molecule has 1 aliphatic heterocycles. The highest BCUT2D eigenvalue weighted by Crippen LogP contribution is 2.22. The number of nitriles is 1. The molecule has 0 bridgehead atoms. The summed E-state index contributed by atoms with van der Waals surface area (Å²) in [4.78, 5) is 27.9. The molecule has 6 nitrogen and oxygen atoms in total. The minimum absolute atomic E-state index is 0.147. The van der Waals surface area contributed by atoms with Gasteiger partial charge in [-0.15, -0.1) is 0 Å². The summed E-state index contributed by atoms with van der Waals surface area (Å²) in [6.45, 7) is 8.86. The zero-order chi connectivity index (χ0) is 17.7. The Kier molecular flexibility index (Phi) is 5.45. The molecule has 2 amide bonds. The first-order valence-corrected chi connectivity index (χ1v) is 8.12. The van der Waals surface area contributed by atoms with Crippen molar-refractivity contribution in [2.45, 2.75) is 27.2 Å². The second-order valence-electron chi connectivity index (χ2n) is 6.96. The molecule has 0 aromatic heterocycles. The fraction of sp³-hybridized carbons (Fsp3) is 0.500. The first kappa shape index (κ1) is 17.8. The molecule has 1 aromatic carbocycles. The van der Waals surface area contributed by atoms with Gasteiger partial charge in [0.1, 0.15) is 6.42 Å². The van der Waals surface area contributed by atoms with E-state index in [9.17, 15) is 9.59 Å². The van der Waals surface area contributed by atoms with Gasteiger partial charge in [0.25, 0.3) is 0 Å². The van der Waals surface area contributed by atoms with Crippen molar-refractivity contribution in [1.29, 1.82) is 5.26 Å². The first-order valence-electron chi connectivity index (χ1n) is 8.12. The highest BCUT2D eigenvalue weighted by Gasteiger charge is 2.29. The molecule has 1 saturated heterocycles. The van der Waals surface area contributed by atoms with Gasteiger partial charge in [-0.3, -0.25) is 9.59 Å². The van der Waals surface area contributed by atoms with Crippen molar-refractivity contribution >= 4 is 23.2 Å². The molecule has 0 aliphatic carbocycles. The number of hydrogen-bond acceptors (Lipinski definition) is 4. The SMILES string of the molecule is CC(C)(C)C(=O)N1CCN(c2ccc(NC(=O)CC#N)cc2)CC1. The molecule has 1 aliphatic rings. The van der Waals surface area contributed by atoms with Gasteiger partial charge < -0.3 is 15.1 Å². The van der Waals surface area contributed by atoms with Gasteiger partial charge in [-0.1, -0.05) is 20.8 Å². The van der Waals surface area contributed by atoms with E-state index >= 15 is 0 Å². The van der Waals surface area contributed by atoms with Crippen LogP contribution in [-0.2, 0) is 9.59 Å². The largest absolute Gasteiger partial charge is 0.368 e. The minimum Gasteiger partial charge on any atom is -0.368 e. The quantitative estimate of drug-likeness (QED) is 0.923. The summed E-state index contributed by atoms with van der Waals surface area (Å²) in [5.41, 5.74) is 1.41. The molecule has 6 heteroatoms. The lowest BCUT2D eigenvalue weighted by Crippen LogP contribution is -2.51. The summed E-state index contributed by atoms with van der Waals surface area (Å²) >= 11 is 0. The van der Waals surface area contributed by atoms with E-state index in [1.54, 1.807) is 0 Å². The van der Waals surface area contributed by atoms with Gasteiger partial charge in [-0.2, -0.15) is 5.26 Å². The van der Waals surface area contributed by atoms with Crippen LogP contribution < -0.4 is 10.2 Å². The van der Waals surface area contributed by atoms with E-state index in [1.165, 1.54) is 0 Å². The number of hydrogen-bond donors (Lipinski definition) is 1. The van der Waals surface area contributed by atoms with Gasteiger partial charge in [0, 0.05) is 43.0 Å². The van der Waals surface area contributed by atoms with Gasteiger partial charge in [0.05, 0.1) is 6.07 Å². The van der Waals surface area contributed by atoms with Crippen LogP contribution in [0.5, 0.6) is 0 Å². The summed E-state index contributed by atoms with van der Waals surface area (Å²) in [5.74, 6) is -0.114. The molecule has 1 fully saturated rings. The summed E-state index contributed by atoms with van der Waals surface area (Å²) in [7, 11) is 0. The maximum atomic E-state index is 12.3. The summed E-state index contributed by atoms with van der Waals surface area (Å²) in [5, 5.41) is 11.2. The third-order valence-corrected chi connectivity index (χ3v) is 3.96. The standard InChI is InChI=1S/C18H24N4O2/c1-18(2,3)17(24)22-12-10-21(11-13-22)15-6-4-14(5-7-15)20-16(23)8-9-19/h4-7H,8,10-13H2,1-3H3,(H,20,23). The fourth-order valence-corrected chi connectivity index (χ4v) is 2.67. The van der Waals surface area contributed by atoms with E-state index in [1.807, 2.05) is 56.0 Å². The van der Waals surface area contributed by atoms with Crippen LogP contribution in [0.1, 0.15) is 27.2 Å². The monoisotopic (exact) mass is 328 g/mol. The van der Waals surface area contributed by atoms with E-state index < -0.39 is 0 Å². The van der Waals surface area contributed by atoms with E-state index in [0.29, 0.717) is 5.69 Å². The van der Waals surface area contributed by atoms with Gasteiger partial charge in [-0.05, 0) is 24.3 Å². The first-order chi connectivity index (χ1) is 11.3. The molecule has 0 saturated carbocycles. The molecule has 0 atom stereocenters. The smallest absolute Gasteiger partial charge is 0.238 e. The molecule has 1 N–H and O–H groups in total. The van der Waals surface area contributed by atoms with Crippen molar-refractivity contribution in [3.8, 4) is 6.07 Å². The number of piperazine rings is 1. The minimum atomic E-state index is -0.342. The molecule has 2 rings (SSSR count). The fourth-order valence-electron chi connectivity index (χ4n) is 2.67. The number of rotatable bonds is 3. The van der Waals surface area contributed by atoms with Crippen molar-refractivity contribution in [2.24, 2.45) is 5.41 Å². The zero-order valence-corrected chi connectivity index (χ0v) is 14.5. The number of nitrogens with one attached hydrogen (secondary N) is 1. The van der Waals surface area contributed by atoms with Gasteiger partial charge in [0.15, 0.2) is 0 Å². The number of benzene rings is 1. The molecule has 128 valence electrons. The van der Waals surface area contributed by atoms with E-state index in [2.05, 4.69) is 10.2 Å². The number of carbonyl (C=O) groups excluding carboxylic acids is 2. The van der Waals surface area contributed by atoms with Crippen LogP contribution in [0.15, 0.2) is 24.3 Å². The molecule has 1 heterocycles. The van der Waals surface area contributed by atoms with Crippen LogP contribution >= 0.6 is 0 Å². The molecule has 24 heavy (non-hydrogen) atoms. The summed E-state index contributed by atoms with van der Waals surface area (Å²) in [6, 6.07) is 9.38. The number of nitrogens with zero attached hydrogens (tertiary/aromatic N) is 3. The predicted molar refractivity (Wildman–Crippen MR) is 93.5 cm³/mol. The topological polar surface area (TPSA) is 76.4 Å². The third kappa shape index (κ3) is 4.48. The Morgan fingerprint density at radius 1 is 1.12 bits per heavy atom. The molecular formula is C18H24N4O2. The zero-order valence-electron chi connectivity index (χ0n) is 14.5. The average Bonchev–Trinajstić information content (AvgIpc) is 2.54. The molecule has 0 radical (unpaired) electrons. The van der Waals surface area contributed by atoms with Crippen molar-refractivity contribution in [1.82, 2.24) is 4.90 Å². The van der Waals surface area contributed by atoms with Crippen LogP contribution in [0.3, 0.4) is 0 Å². The Labute approximate surface area is 143 Å². The Balaban J connectivity index is 1.92. The van der Waals surface area contributed by atoms with Crippen molar-refractivity contribution in [2.75, 3.05) is 36.4 Å². The highest BCUT2D eigenvalue weighted by atomic mass is 16.2. The number of amides is 2. The van der Waals surface area contributed by atoms with E-state index in [4.69, 9.17) is 5.26 Å². The second-order valence-corrected chi connectivity index (χ2v) is 6.96. The maximum Gasteiger partial charge on any atom is 0.238 e. The van der Waals surface area contributed by atoms with Crippen LogP contribution in [-0.4, -0.2) is 42.9 Å². The van der Waals surface area contributed by atoms with Crippen LogP contribution in [0, 0.1) is 16.7 Å². The molecule has 0 spiro atoms. The van der Waals surface area contributed by atoms with E-state index in [-0.39, 0.29) is 23.7 Å². The molecule has 0 unspecified atom stereocenters. The Morgan fingerprint density at radius 2 is 1.71 bits per heavy atom. The Bertz CT molecular complexity index is 632. The number of carbonyl (C=O) groups is 2. The maximum absolute atomic E-state index is 12.3. The molecular weight excluding hydrogens is 304 g/mol. The second kappa shape index (κ2) is 7.35. The van der Waals surface area contributed by atoms with Gasteiger partial charge >= 0.3 is 0 Å². The van der Waals surface area contributed by atoms with Gasteiger partial charge in [0.2, 0.25) is 11.8 Å². The van der Waals surface area contributed by atoms with Crippen LogP contribution in [0.2, 0.25) is 0 Å². The van der Waals surface area contributed by atoms with Crippen LogP contribution in [0.25, 0.3) is 0 Å². The molecule has 1 aromatic rings. The van der Waals surface area contributed by atoms with Crippen LogP contribution in [0.4, 0.5) is 11.4 Å². The number of anilines is 2. The van der Waals surface area contributed by atoms with Crippen molar-refractivity contribution < 1.29 is 9.59 Å². The van der Waals surface area contributed by atoms with E-state index in [0.717, 1.165) is 31.9 Å². The van der Waals surface area contributed by atoms with Crippen molar-refractivity contribution in [3.63, 3.8) is 0 Å². The average molecular weight is 328 g/mol. The Hall–Kier alpha value is -2.55. The Morgan fingerprint density at radius 3 is 2.21 bits per heavy atom. The summed E-state index contributed by atoms with van der Waals surface area (Å²) in [6.07, 6.45) is -0.147. The highest BCUT2D eigenvalue weighted by molar-refractivity contribution is 5.92. The normalized spacial score (nSPS) is 14.9. The van der Waals surface area contributed by atoms with Gasteiger partial charge in [-0.25, -0.2) is 0 Å². The third-order valence-electron chi connectivity index (χ3n) is 3.96. The summed E-state index contributed by atoms with van der Waals surface area (Å²) < 4.78 is 0. The van der Waals surface area contributed by atoms with Crippen molar-refractivity contribution in [3.05, 3.63) is 24.3 Å². The lowest BCUT2D eigenvalue weighted by Gasteiger charge is -2.38.